The fraction of sp³-hybridized carbons (Fsp3) is 0.421. The molecule has 0 spiro atoms. The second kappa shape index (κ2) is 8.89. The molecule has 0 atom stereocenters. The Morgan fingerprint density at radius 3 is 2.96 bits per heavy atom. The van der Waals surface area contributed by atoms with E-state index in [1.54, 1.807) is 23.6 Å². The van der Waals surface area contributed by atoms with Gasteiger partial charge in [0.25, 0.3) is 5.91 Å². The summed E-state index contributed by atoms with van der Waals surface area (Å²) in [6.07, 6.45) is 4.47. The van der Waals surface area contributed by atoms with Crippen molar-refractivity contribution in [3.8, 4) is 10.6 Å². The minimum absolute atomic E-state index is 0.211. The van der Waals surface area contributed by atoms with Crippen molar-refractivity contribution in [3.63, 3.8) is 0 Å². The first kappa shape index (κ1) is 18.5. The maximum atomic E-state index is 13.8. The molecule has 1 saturated heterocycles. The SMILES string of the molecule is O=C(NCCCN1CCCCCC1=O)c1csc(-c2ccccc2F)n1. The van der Waals surface area contributed by atoms with E-state index in [0.29, 0.717) is 42.2 Å². The van der Waals surface area contributed by atoms with Gasteiger partial charge in [0.15, 0.2) is 0 Å². The Bertz CT molecular complexity index is 778. The summed E-state index contributed by atoms with van der Waals surface area (Å²) in [4.78, 5) is 30.3. The zero-order chi connectivity index (χ0) is 18.4. The van der Waals surface area contributed by atoms with Gasteiger partial charge in [0, 0.05) is 37.0 Å². The summed E-state index contributed by atoms with van der Waals surface area (Å²) in [6.45, 7) is 1.96. The van der Waals surface area contributed by atoms with Crippen LogP contribution in [-0.4, -0.2) is 41.3 Å². The molecule has 1 fully saturated rings. The first-order chi connectivity index (χ1) is 12.6. The summed E-state index contributed by atoms with van der Waals surface area (Å²) in [5.41, 5.74) is 0.690. The van der Waals surface area contributed by atoms with Crippen LogP contribution in [0.15, 0.2) is 29.6 Å². The van der Waals surface area contributed by atoms with Crippen molar-refractivity contribution < 1.29 is 14.0 Å². The van der Waals surface area contributed by atoms with Gasteiger partial charge >= 0.3 is 0 Å². The van der Waals surface area contributed by atoms with Crippen molar-refractivity contribution >= 4 is 23.2 Å². The van der Waals surface area contributed by atoms with Crippen LogP contribution in [0.5, 0.6) is 0 Å². The van der Waals surface area contributed by atoms with Gasteiger partial charge in [-0.3, -0.25) is 9.59 Å². The number of benzene rings is 1. The van der Waals surface area contributed by atoms with Gasteiger partial charge in [-0.25, -0.2) is 9.37 Å². The zero-order valence-corrected chi connectivity index (χ0v) is 15.4. The van der Waals surface area contributed by atoms with Gasteiger partial charge in [0.05, 0.1) is 0 Å². The Balaban J connectivity index is 1.48. The van der Waals surface area contributed by atoms with E-state index in [9.17, 15) is 14.0 Å². The second-order valence-corrected chi connectivity index (χ2v) is 7.18. The van der Waals surface area contributed by atoms with Gasteiger partial charge in [-0.1, -0.05) is 18.6 Å². The van der Waals surface area contributed by atoms with Crippen LogP contribution in [0, 0.1) is 5.82 Å². The minimum atomic E-state index is -0.351. The van der Waals surface area contributed by atoms with E-state index in [1.165, 1.54) is 17.4 Å². The Hall–Kier alpha value is -2.28. The molecule has 26 heavy (non-hydrogen) atoms. The Labute approximate surface area is 156 Å². The van der Waals surface area contributed by atoms with Gasteiger partial charge in [-0.05, 0) is 31.4 Å². The van der Waals surface area contributed by atoms with Crippen molar-refractivity contribution in [1.29, 1.82) is 0 Å². The third-order valence-electron chi connectivity index (χ3n) is 4.40. The molecule has 1 aliphatic rings. The van der Waals surface area contributed by atoms with Crippen molar-refractivity contribution in [3.05, 3.63) is 41.2 Å². The molecule has 138 valence electrons. The lowest BCUT2D eigenvalue weighted by atomic mass is 10.2. The fourth-order valence-corrected chi connectivity index (χ4v) is 3.80. The summed E-state index contributed by atoms with van der Waals surface area (Å²) >= 11 is 1.24. The van der Waals surface area contributed by atoms with Crippen molar-refractivity contribution in [1.82, 2.24) is 15.2 Å². The minimum Gasteiger partial charge on any atom is -0.351 e. The number of likely N-dealkylation sites (tertiary alicyclic amines) is 1. The van der Waals surface area contributed by atoms with Crippen LogP contribution < -0.4 is 5.32 Å². The highest BCUT2D eigenvalue weighted by atomic mass is 32.1. The number of halogens is 1. The van der Waals surface area contributed by atoms with Crippen LogP contribution in [0.2, 0.25) is 0 Å². The Morgan fingerprint density at radius 2 is 2.12 bits per heavy atom. The summed E-state index contributed by atoms with van der Waals surface area (Å²) in [6, 6.07) is 6.38. The van der Waals surface area contributed by atoms with Crippen molar-refractivity contribution in [2.45, 2.75) is 32.1 Å². The number of amides is 2. The van der Waals surface area contributed by atoms with Crippen LogP contribution in [0.4, 0.5) is 4.39 Å². The van der Waals surface area contributed by atoms with E-state index in [1.807, 2.05) is 4.90 Å². The molecule has 2 heterocycles. The molecule has 5 nitrogen and oxygen atoms in total. The van der Waals surface area contributed by atoms with Gasteiger partial charge in [0.2, 0.25) is 5.91 Å². The van der Waals surface area contributed by atoms with Gasteiger partial charge in [0.1, 0.15) is 16.5 Å². The third kappa shape index (κ3) is 4.66. The summed E-state index contributed by atoms with van der Waals surface area (Å²) < 4.78 is 13.8. The zero-order valence-electron chi connectivity index (χ0n) is 14.5. The average molecular weight is 375 g/mol. The molecular formula is C19H22FN3O2S. The summed E-state index contributed by atoms with van der Waals surface area (Å²) in [7, 11) is 0. The predicted molar refractivity (Wildman–Crippen MR) is 99.5 cm³/mol. The maximum Gasteiger partial charge on any atom is 0.270 e. The number of nitrogens with zero attached hydrogens (tertiary/aromatic N) is 2. The fourth-order valence-electron chi connectivity index (χ4n) is 2.97. The average Bonchev–Trinajstić information content (AvgIpc) is 3.04. The number of carbonyl (C=O) groups excluding carboxylic acids is 2. The molecule has 1 N–H and O–H groups in total. The molecule has 0 bridgehead atoms. The molecule has 0 saturated carbocycles. The number of carbonyl (C=O) groups is 2. The summed E-state index contributed by atoms with van der Waals surface area (Å²) in [5.74, 6) is -0.412. The van der Waals surface area contributed by atoms with E-state index < -0.39 is 0 Å². The van der Waals surface area contributed by atoms with E-state index in [4.69, 9.17) is 0 Å². The van der Waals surface area contributed by atoms with E-state index in [2.05, 4.69) is 10.3 Å². The highest BCUT2D eigenvalue weighted by molar-refractivity contribution is 7.13. The summed E-state index contributed by atoms with van der Waals surface area (Å²) in [5, 5.41) is 4.95. The number of hydrogen-bond acceptors (Lipinski definition) is 4. The molecule has 2 amide bonds. The number of rotatable bonds is 6. The van der Waals surface area contributed by atoms with E-state index in [-0.39, 0.29) is 17.6 Å². The number of thiazole rings is 1. The molecule has 1 aromatic heterocycles. The monoisotopic (exact) mass is 375 g/mol. The maximum absolute atomic E-state index is 13.8. The second-order valence-electron chi connectivity index (χ2n) is 6.32. The largest absolute Gasteiger partial charge is 0.351 e. The molecule has 7 heteroatoms. The molecular weight excluding hydrogens is 353 g/mol. The third-order valence-corrected chi connectivity index (χ3v) is 5.28. The molecule has 0 unspecified atom stereocenters. The molecule has 1 aromatic carbocycles. The first-order valence-corrected chi connectivity index (χ1v) is 9.79. The molecule has 1 aliphatic heterocycles. The van der Waals surface area contributed by atoms with Gasteiger partial charge in [-0.15, -0.1) is 11.3 Å². The molecule has 2 aromatic rings. The Morgan fingerprint density at radius 1 is 1.27 bits per heavy atom. The lowest BCUT2D eigenvalue weighted by molar-refractivity contribution is -0.130. The number of aromatic nitrogens is 1. The van der Waals surface area contributed by atoms with Crippen molar-refractivity contribution in [2.24, 2.45) is 0 Å². The smallest absolute Gasteiger partial charge is 0.270 e. The highest BCUT2D eigenvalue weighted by Crippen LogP contribution is 2.26. The molecule has 0 aliphatic carbocycles. The van der Waals surface area contributed by atoms with Gasteiger partial charge < -0.3 is 10.2 Å². The number of hydrogen-bond donors (Lipinski definition) is 1. The number of nitrogens with one attached hydrogen (secondary N) is 1. The standard InChI is InChI=1S/C19H22FN3O2S/c20-15-8-4-3-7-14(15)19-22-16(13-26-19)18(25)21-10-6-12-23-11-5-1-2-9-17(23)24/h3-4,7-8,13H,1-2,5-6,9-12H2,(H,21,25). The first-order valence-electron chi connectivity index (χ1n) is 8.91. The van der Waals surface area contributed by atoms with Crippen LogP contribution in [-0.2, 0) is 4.79 Å². The lowest BCUT2D eigenvalue weighted by Gasteiger charge is -2.20. The topological polar surface area (TPSA) is 62.3 Å². The van der Waals surface area contributed by atoms with E-state index in [0.717, 1.165) is 25.8 Å². The van der Waals surface area contributed by atoms with Crippen LogP contribution >= 0.6 is 11.3 Å². The van der Waals surface area contributed by atoms with Crippen LogP contribution in [0.1, 0.15) is 42.6 Å². The normalized spacial score (nSPS) is 15.0. The highest BCUT2D eigenvalue weighted by Gasteiger charge is 2.17. The predicted octanol–water partition coefficient (Wildman–Crippen LogP) is 3.47. The van der Waals surface area contributed by atoms with Crippen LogP contribution in [0.25, 0.3) is 10.6 Å². The van der Waals surface area contributed by atoms with E-state index >= 15 is 0 Å². The van der Waals surface area contributed by atoms with Crippen LogP contribution in [0.3, 0.4) is 0 Å². The van der Waals surface area contributed by atoms with Crippen molar-refractivity contribution in [2.75, 3.05) is 19.6 Å². The quantitative estimate of drug-likeness (QED) is 0.787. The molecule has 0 radical (unpaired) electrons. The Kier molecular flexibility index (Phi) is 6.33. The lowest BCUT2D eigenvalue weighted by Crippen LogP contribution is -2.34. The molecule has 3 rings (SSSR count). The van der Waals surface area contributed by atoms with Gasteiger partial charge in [-0.2, -0.15) is 0 Å².